The van der Waals surface area contributed by atoms with Gasteiger partial charge in [0.1, 0.15) is 12.3 Å². The lowest BCUT2D eigenvalue weighted by molar-refractivity contribution is -0.938. The number of morpholine rings is 1. The molecule has 1 unspecified atom stereocenters. The standard InChI is InChI=1S/C24H31N3O3/c1-18(27(22-9-10-22)17-19-3-11-23(29-2)12-4-19)24(28)25-20-5-7-21(8-6-20)26-13-15-30-16-14-26/h3-8,11-12,18,22H,9-10,13-17H2,1-2H3,(H,25,28)/p+1/t18-/m1/s1. The molecule has 2 aromatic carbocycles. The maximum Gasteiger partial charge on any atom is 0.282 e. The second-order valence-corrected chi connectivity index (χ2v) is 8.23. The van der Waals surface area contributed by atoms with Crippen LogP contribution in [0.5, 0.6) is 5.75 Å². The molecule has 1 amide bonds. The Labute approximate surface area is 178 Å². The van der Waals surface area contributed by atoms with Gasteiger partial charge in [0.05, 0.1) is 26.4 Å². The Balaban J connectivity index is 1.37. The summed E-state index contributed by atoms with van der Waals surface area (Å²) in [5.74, 6) is 0.933. The van der Waals surface area contributed by atoms with E-state index in [0.717, 1.165) is 44.3 Å². The highest BCUT2D eigenvalue weighted by atomic mass is 16.5. The molecule has 0 radical (unpaired) electrons. The molecule has 1 saturated carbocycles. The maximum absolute atomic E-state index is 13.0. The summed E-state index contributed by atoms with van der Waals surface area (Å²) in [5.41, 5.74) is 3.25. The molecule has 0 aromatic heterocycles. The minimum Gasteiger partial charge on any atom is -0.497 e. The van der Waals surface area contributed by atoms with Crippen molar-refractivity contribution in [2.75, 3.05) is 43.6 Å². The second-order valence-electron chi connectivity index (χ2n) is 8.23. The zero-order valence-electron chi connectivity index (χ0n) is 17.9. The van der Waals surface area contributed by atoms with Gasteiger partial charge < -0.3 is 24.6 Å². The Hall–Kier alpha value is -2.57. The summed E-state index contributed by atoms with van der Waals surface area (Å²) in [6.07, 6.45) is 2.38. The Morgan fingerprint density at radius 3 is 2.40 bits per heavy atom. The van der Waals surface area contributed by atoms with Crippen LogP contribution in [0.1, 0.15) is 25.3 Å². The molecule has 30 heavy (non-hydrogen) atoms. The van der Waals surface area contributed by atoms with Crippen molar-refractivity contribution >= 4 is 17.3 Å². The number of nitrogens with zero attached hydrogens (tertiary/aromatic N) is 1. The summed E-state index contributed by atoms with van der Waals surface area (Å²) < 4.78 is 10.7. The van der Waals surface area contributed by atoms with Crippen LogP contribution in [0.25, 0.3) is 0 Å². The Bertz CT molecular complexity index is 828. The van der Waals surface area contributed by atoms with Gasteiger partial charge in [-0.25, -0.2) is 0 Å². The van der Waals surface area contributed by atoms with E-state index >= 15 is 0 Å². The first-order chi connectivity index (χ1) is 14.6. The molecule has 2 N–H and O–H groups in total. The number of hydrogen-bond acceptors (Lipinski definition) is 4. The van der Waals surface area contributed by atoms with Crippen molar-refractivity contribution in [1.82, 2.24) is 0 Å². The van der Waals surface area contributed by atoms with Gasteiger partial charge >= 0.3 is 0 Å². The summed E-state index contributed by atoms with van der Waals surface area (Å²) in [4.78, 5) is 16.6. The van der Waals surface area contributed by atoms with E-state index in [-0.39, 0.29) is 11.9 Å². The number of hydrogen-bond donors (Lipinski definition) is 2. The smallest absolute Gasteiger partial charge is 0.282 e. The summed E-state index contributed by atoms with van der Waals surface area (Å²) in [5, 5.41) is 3.12. The van der Waals surface area contributed by atoms with Crippen LogP contribution >= 0.6 is 0 Å². The molecule has 2 aromatic rings. The predicted octanol–water partition coefficient (Wildman–Crippen LogP) is 2.11. The molecule has 4 rings (SSSR count). The van der Waals surface area contributed by atoms with Gasteiger partial charge in [-0.1, -0.05) is 0 Å². The quantitative estimate of drug-likeness (QED) is 0.700. The van der Waals surface area contributed by atoms with Crippen molar-refractivity contribution in [2.24, 2.45) is 0 Å². The molecular formula is C24H32N3O3+. The summed E-state index contributed by atoms with van der Waals surface area (Å²) in [7, 11) is 1.68. The fraction of sp³-hybridized carbons (Fsp3) is 0.458. The topological polar surface area (TPSA) is 55.2 Å². The Morgan fingerprint density at radius 2 is 1.80 bits per heavy atom. The van der Waals surface area contributed by atoms with Crippen molar-refractivity contribution in [1.29, 1.82) is 0 Å². The van der Waals surface area contributed by atoms with E-state index in [1.165, 1.54) is 29.0 Å². The van der Waals surface area contributed by atoms with Gasteiger partial charge in [-0.2, -0.15) is 0 Å². The van der Waals surface area contributed by atoms with Crippen molar-refractivity contribution in [3.63, 3.8) is 0 Å². The molecule has 1 aliphatic carbocycles. The maximum atomic E-state index is 13.0. The molecule has 0 spiro atoms. The Morgan fingerprint density at radius 1 is 1.13 bits per heavy atom. The predicted molar refractivity (Wildman–Crippen MR) is 118 cm³/mol. The van der Waals surface area contributed by atoms with E-state index in [9.17, 15) is 4.79 Å². The van der Waals surface area contributed by atoms with Crippen LogP contribution in [0.15, 0.2) is 48.5 Å². The lowest BCUT2D eigenvalue weighted by Gasteiger charge is -2.29. The molecule has 1 aliphatic heterocycles. The van der Waals surface area contributed by atoms with Gasteiger partial charge in [-0.05, 0) is 55.5 Å². The number of amides is 1. The first-order valence-corrected chi connectivity index (χ1v) is 10.9. The van der Waals surface area contributed by atoms with Crippen LogP contribution in [0.3, 0.4) is 0 Å². The van der Waals surface area contributed by atoms with Crippen LogP contribution in [0.2, 0.25) is 0 Å². The molecule has 1 saturated heterocycles. The number of nitrogens with one attached hydrogen (secondary N) is 2. The number of carbonyl (C=O) groups excluding carboxylic acids is 1. The van der Waals surface area contributed by atoms with Crippen LogP contribution < -0.4 is 19.9 Å². The highest BCUT2D eigenvalue weighted by Crippen LogP contribution is 2.20. The summed E-state index contributed by atoms with van der Waals surface area (Å²) in [6, 6.07) is 16.8. The van der Waals surface area contributed by atoms with Crippen LogP contribution in [0.4, 0.5) is 11.4 Å². The normalized spacial score (nSPS) is 18.5. The fourth-order valence-electron chi connectivity index (χ4n) is 4.08. The minimum absolute atomic E-state index is 0.0736. The van der Waals surface area contributed by atoms with Crippen LogP contribution in [-0.2, 0) is 16.1 Å². The molecule has 2 atom stereocenters. The zero-order valence-corrected chi connectivity index (χ0v) is 17.9. The average molecular weight is 411 g/mol. The molecule has 1 heterocycles. The molecule has 6 nitrogen and oxygen atoms in total. The lowest BCUT2D eigenvalue weighted by atomic mass is 10.1. The van der Waals surface area contributed by atoms with E-state index in [2.05, 4.69) is 34.5 Å². The number of anilines is 2. The largest absolute Gasteiger partial charge is 0.497 e. The van der Waals surface area contributed by atoms with Gasteiger partial charge in [0.15, 0.2) is 6.04 Å². The molecule has 6 heteroatoms. The van der Waals surface area contributed by atoms with Crippen LogP contribution in [-0.4, -0.2) is 51.4 Å². The molecule has 0 bridgehead atoms. The van der Waals surface area contributed by atoms with Crippen LogP contribution in [0, 0.1) is 0 Å². The number of methoxy groups -OCH3 is 1. The molecular weight excluding hydrogens is 378 g/mol. The number of rotatable bonds is 8. The fourth-order valence-corrected chi connectivity index (χ4v) is 4.08. The van der Waals surface area contributed by atoms with Gasteiger partial charge in [-0.3, -0.25) is 4.79 Å². The summed E-state index contributed by atoms with van der Waals surface area (Å²) >= 11 is 0. The SMILES string of the molecule is COc1ccc(C[NH+](C2CC2)[C@H](C)C(=O)Nc2ccc(N3CCOCC3)cc2)cc1. The summed E-state index contributed by atoms with van der Waals surface area (Å²) in [6.45, 7) is 6.24. The van der Waals surface area contributed by atoms with Crippen molar-refractivity contribution in [3.05, 3.63) is 54.1 Å². The van der Waals surface area contributed by atoms with E-state index in [1.807, 2.05) is 31.2 Å². The van der Waals surface area contributed by atoms with Gasteiger partial charge in [0, 0.05) is 42.9 Å². The average Bonchev–Trinajstić information content (AvgIpc) is 3.64. The minimum atomic E-state index is -0.112. The highest BCUT2D eigenvalue weighted by Gasteiger charge is 2.39. The number of ether oxygens (including phenoxy) is 2. The van der Waals surface area contributed by atoms with E-state index < -0.39 is 0 Å². The highest BCUT2D eigenvalue weighted by molar-refractivity contribution is 5.93. The lowest BCUT2D eigenvalue weighted by Crippen LogP contribution is -3.16. The number of carbonyl (C=O) groups is 1. The van der Waals surface area contributed by atoms with E-state index in [0.29, 0.717) is 6.04 Å². The molecule has 160 valence electrons. The van der Waals surface area contributed by atoms with Gasteiger partial charge in [-0.15, -0.1) is 0 Å². The third kappa shape index (κ3) is 5.12. The van der Waals surface area contributed by atoms with E-state index in [1.54, 1.807) is 7.11 Å². The first kappa shape index (κ1) is 20.7. The second kappa shape index (κ2) is 9.49. The Kier molecular flexibility index (Phi) is 6.55. The zero-order chi connectivity index (χ0) is 20.9. The van der Waals surface area contributed by atoms with Gasteiger partial charge in [0.2, 0.25) is 0 Å². The van der Waals surface area contributed by atoms with E-state index in [4.69, 9.17) is 9.47 Å². The monoisotopic (exact) mass is 410 g/mol. The van der Waals surface area contributed by atoms with Crippen molar-refractivity contribution in [3.8, 4) is 5.75 Å². The first-order valence-electron chi connectivity index (χ1n) is 10.9. The third-order valence-corrected chi connectivity index (χ3v) is 6.13. The van der Waals surface area contributed by atoms with Gasteiger partial charge in [0.25, 0.3) is 5.91 Å². The third-order valence-electron chi connectivity index (χ3n) is 6.13. The van der Waals surface area contributed by atoms with Crippen molar-refractivity contribution < 1.29 is 19.2 Å². The number of quaternary nitrogens is 1. The van der Waals surface area contributed by atoms with Crippen molar-refractivity contribution in [2.45, 2.75) is 38.4 Å². The number of benzene rings is 2. The molecule has 2 fully saturated rings. The molecule has 2 aliphatic rings.